The molecule has 112 valence electrons. The third-order valence-electron chi connectivity index (χ3n) is 4.33. The van der Waals surface area contributed by atoms with E-state index in [1.54, 1.807) is 0 Å². The fourth-order valence-corrected chi connectivity index (χ4v) is 3.26. The largest absolute Gasteiger partial charge is 0.381 e. The molecule has 0 bridgehead atoms. The minimum atomic E-state index is 0.738. The highest BCUT2D eigenvalue weighted by atomic mass is 16.5. The van der Waals surface area contributed by atoms with E-state index in [0.717, 1.165) is 51.7 Å². The Bertz CT molecular complexity index is 437. The van der Waals surface area contributed by atoms with E-state index in [2.05, 4.69) is 39.6 Å². The second kappa shape index (κ2) is 6.24. The Morgan fingerprint density at radius 3 is 3.00 bits per heavy atom. The van der Waals surface area contributed by atoms with E-state index in [4.69, 9.17) is 4.74 Å². The lowest BCUT2D eigenvalue weighted by Crippen LogP contribution is -2.32. The molecule has 1 unspecified atom stereocenters. The maximum absolute atomic E-state index is 5.49. The molecule has 1 aromatic heterocycles. The Kier molecular flexibility index (Phi) is 4.38. The van der Waals surface area contributed by atoms with Crippen LogP contribution in [0, 0.1) is 5.92 Å². The van der Waals surface area contributed by atoms with Gasteiger partial charge in [-0.05, 0) is 26.4 Å². The van der Waals surface area contributed by atoms with Crippen molar-refractivity contribution >= 4 is 0 Å². The van der Waals surface area contributed by atoms with Crippen molar-refractivity contribution in [2.24, 2.45) is 5.92 Å². The van der Waals surface area contributed by atoms with Crippen LogP contribution in [0.1, 0.15) is 17.9 Å². The summed E-state index contributed by atoms with van der Waals surface area (Å²) < 4.78 is 7.91. The Hall–Kier alpha value is -0.910. The summed E-state index contributed by atoms with van der Waals surface area (Å²) in [6.45, 7) is 7.42. The lowest BCUT2D eigenvalue weighted by molar-refractivity contribution is 0.167. The van der Waals surface area contributed by atoms with Gasteiger partial charge >= 0.3 is 0 Å². The fourth-order valence-electron chi connectivity index (χ4n) is 3.26. The van der Waals surface area contributed by atoms with Gasteiger partial charge in [0.1, 0.15) is 5.82 Å². The highest BCUT2D eigenvalue weighted by Crippen LogP contribution is 2.17. The van der Waals surface area contributed by atoms with E-state index >= 15 is 0 Å². The van der Waals surface area contributed by atoms with Gasteiger partial charge in [0.25, 0.3) is 0 Å². The van der Waals surface area contributed by atoms with Crippen LogP contribution in [0.25, 0.3) is 0 Å². The van der Waals surface area contributed by atoms with Crippen molar-refractivity contribution in [3.8, 4) is 0 Å². The lowest BCUT2D eigenvalue weighted by Gasteiger charge is -2.22. The molecule has 1 aromatic rings. The summed E-state index contributed by atoms with van der Waals surface area (Å²) in [7, 11) is 4.23. The third kappa shape index (κ3) is 3.22. The molecule has 1 fully saturated rings. The van der Waals surface area contributed by atoms with Crippen molar-refractivity contribution in [2.45, 2.75) is 25.9 Å². The maximum atomic E-state index is 5.49. The number of nitrogens with zero attached hydrogens (tertiary/aromatic N) is 4. The van der Waals surface area contributed by atoms with Crippen molar-refractivity contribution in [2.75, 3.05) is 46.9 Å². The molecule has 0 aromatic carbocycles. The van der Waals surface area contributed by atoms with Gasteiger partial charge in [-0.25, -0.2) is 4.98 Å². The third-order valence-corrected chi connectivity index (χ3v) is 4.33. The van der Waals surface area contributed by atoms with Gasteiger partial charge in [-0.1, -0.05) is 0 Å². The average molecular weight is 278 g/mol. The number of ether oxygens (including phenoxy) is 1. The average Bonchev–Trinajstić information content (AvgIpc) is 2.98. The standard InChI is InChI=1S/C15H26N4O/c1-17(2)11-14-9-16-15-3-5-18(6-7-19(14)15)10-13-4-8-20-12-13/h9,13H,3-8,10-12H2,1-2H3. The second-order valence-corrected chi connectivity index (χ2v) is 6.34. The quantitative estimate of drug-likeness (QED) is 0.817. The van der Waals surface area contributed by atoms with Crippen LogP contribution >= 0.6 is 0 Å². The van der Waals surface area contributed by atoms with Gasteiger partial charge in [-0.3, -0.25) is 0 Å². The molecular formula is C15H26N4O. The van der Waals surface area contributed by atoms with Gasteiger partial charge in [0.05, 0.1) is 12.3 Å². The molecule has 20 heavy (non-hydrogen) atoms. The number of hydrogen-bond donors (Lipinski definition) is 0. The fraction of sp³-hybridized carbons (Fsp3) is 0.800. The summed E-state index contributed by atoms with van der Waals surface area (Å²) in [6, 6.07) is 0. The molecule has 0 N–H and O–H groups in total. The van der Waals surface area contributed by atoms with Crippen LogP contribution in [-0.4, -0.2) is 66.3 Å². The van der Waals surface area contributed by atoms with Crippen LogP contribution in [0.2, 0.25) is 0 Å². The highest BCUT2D eigenvalue weighted by molar-refractivity contribution is 5.07. The predicted molar refractivity (Wildman–Crippen MR) is 78.7 cm³/mol. The van der Waals surface area contributed by atoms with Gasteiger partial charge in [-0.2, -0.15) is 0 Å². The van der Waals surface area contributed by atoms with Crippen LogP contribution in [0.15, 0.2) is 6.20 Å². The number of imidazole rings is 1. The SMILES string of the molecule is CN(C)Cc1cnc2n1CCN(CC1CCOC1)CC2. The van der Waals surface area contributed by atoms with Crippen LogP contribution in [0.5, 0.6) is 0 Å². The van der Waals surface area contributed by atoms with E-state index in [1.807, 2.05) is 0 Å². The van der Waals surface area contributed by atoms with E-state index in [0.29, 0.717) is 0 Å². The number of fused-ring (bicyclic) bond motifs is 1. The zero-order valence-electron chi connectivity index (χ0n) is 12.7. The molecule has 1 saturated heterocycles. The van der Waals surface area contributed by atoms with E-state index in [9.17, 15) is 0 Å². The summed E-state index contributed by atoms with van der Waals surface area (Å²) in [6.07, 6.45) is 4.35. The van der Waals surface area contributed by atoms with Crippen LogP contribution in [0.3, 0.4) is 0 Å². The van der Waals surface area contributed by atoms with Gasteiger partial charge in [0.2, 0.25) is 0 Å². The molecule has 0 radical (unpaired) electrons. The lowest BCUT2D eigenvalue weighted by atomic mass is 10.1. The molecule has 2 aliphatic rings. The van der Waals surface area contributed by atoms with Crippen LogP contribution in [0.4, 0.5) is 0 Å². The summed E-state index contributed by atoms with van der Waals surface area (Å²) in [5, 5.41) is 0. The molecule has 0 aliphatic carbocycles. The summed E-state index contributed by atoms with van der Waals surface area (Å²) in [4.78, 5) is 9.42. The molecule has 2 aliphatic heterocycles. The molecule has 3 rings (SSSR count). The van der Waals surface area contributed by atoms with E-state index < -0.39 is 0 Å². The molecule has 5 heteroatoms. The van der Waals surface area contributed by atoms with Crippen molar-refractivity contribution in [1.29, 1.82) is 0 Å². The molecule has 0 amide bonds. The summed E-state index contributed by atoms with van der Waals surface area (Å²) in [5.74, 6) is 1.99. The Morgan fingerprint density at radius 2 is 2.25 bits per heavy atom. The first kappa shape index (κ1) is 14.0. The summed E-state index contributed by atoms with van der Waals surface area (Å²) in [5.41, 5.74) is 1.34. The predicted octanol–water partition coefficient (Wildman–Crippen LogP) is 0.839. The molecule has 3 heterocycles. The van der Waals surface area contributed by atoms with Gasteiger partial charge in [-0.15, -0.1) is 0 Å². The first-order valence-corrected chi connectivity index (χ1v) is 7.70. The number of aromatic nitrogens is 2. The molecule has 1 atom stereocenters. The van der Waals surface area contributed by atoms with E-state index in [1.165, 1.54) is 24.5 Å². The number of rotatable bonds is 4. The molecule has 0 spiro atoms. The minimum Gasteiger partial charge on any atom is -0.381 e. The zero-order valence-corrected chi connectivity index (χ0v) is 12.7. The Morgan fingerprint density at radius 1 is 1.35 bits per heavy atom. The molecular weight excluding hydrogens is 252 g/mol. The van der Waals surface area contributed by atoms with Gasteiger partial charge in [0.15, 0.2) is 0 Å². The van der Waals surface area contributed by atoms with Gasteiger partial charge < -0.3 is 19.1 Å². The Labute approximate surface area is 121 Å². The highest BCUT2D eigenvalue weighted by Gasteiger charge is 2.22. The van der Waals surface area contributed by atoms with Crippen molar-refractivity contribution in [1.82, 2.24) is 19.4 Å². The van der Waals surface area contributed by atoms with Crippen LogP contribution in [-0.2, 0) is 24.2 Å². The Balaban J connectivity index is 1.61. The number of hydrogen-bond acceptors (Lipinski definition) is 4. The van der Waals surface area contributed by atoms with Crippen LogP contribution < -0.4 is 0 Å². The first-order chi connectivity index (χ1) is 9.72. The first-order valence-electron chi connectivity index (χ1n) is 7.70. The monoisotopic (exact) mass is 278 g/mol. The van der Waals surface area contributed by atoms with Gasteiger partial charge in [0, 0.05) is 51.9 Å². The van der Waals surface area contributed by atoms with Crippen molar-refractivity contribution in [3.05, 3.63) is 17.7 Å². The molecule has 0 saturated carbocycles. The summed E-state index contributed by atoms with van der Waals surface area (Å²) >= 11 is 0. The smallest absolute Gasteiger partial charge is 0.110 e. The second-order valence-electron chi connectivity index (χ2n) is 6.34. The zero-order chi connectivity index (χ0) is 13.9. The van der Waals surface area contributed by atoms with E-state index in [-0.39, 0.29) is 0 Å². The van der Waals surface area contributed by atoms with Crippen molar-refractivity contribution in [3.63, 3.8) is 0 Å². The normalized spacial score (nSPS) is 24.1. The minimum absolute atomic E-state index is 0.738. The maximum Gasteiger partial charge on any atom is 0.110 e. The van der Waals surface area contributed by atoms with Crippen molar-refractivity contribution < 1.29 is 4.74 Å². The topological polar surface area (TPSA) is 33.5 Å². The molecule has 5 nitrogen and oxygen atoms in total.